The molecule has 1 fully saturated rings. The minimum absolute atomic E-state index is 0.0412. The Bertz CT molecular complexity index is 521. The molecule has 1 aliphatic heterocycles. The van der Waals surface area contributed by atoms with Crippen molar-refractivity contribution in [2.24, 2.45) is 5.73 Å². The molecular weight excluding hydrogens is 265 g/mol. The van der Waals surface area contributed by atoms with Crippen LogP contribution in [0.5, 0.6) is 0 Å². The number of thiocarbonyl (C=S) groups is 1. The van der Waals surface area contributed by atoms with E-state index in [4.69, 9.17) is 18.0 Å². The molecule has 1 aromatic rings. The summed E-state index contributed by atoms with van der Waals surface area (Å²) in [5, 5.41) is 2.88. The number of halogens is 1. The first kappa shape index (κ1) is 13.7. The highest BCUT2D eigenvalue weighted by molar-refractivity contribution is 7.80. The number of benzene rings is 1. The molecule has 2 rings (SSSR count). The van der Waals surface area contributed by atoms with Crippen molar-refractivity contribution in [3.63, 3.8) is 0 Å². The maximum atomic E-state index is 13.3. The van der Waals surface area contributed by atoms with Gasteiger partial charge >= 0.3 is 0 Å². The fourth-order valence-corrected chi connectivity index (χ4v) is 2.53. The average Bonchev–Trinajstić information content (AvgIpc) is 2.76. The maximum Gasteiger partial charge on any atom is 0.217 e. The molecule has 1 heterocycles. The molecule has 1 amide bonds. The first-order valence-electron chi connectivity index (χ1n) is 6.09. The van der Waals surface area contributed by atoms with Gasteiger partial charge in [-0.3, -0.25) is 4.79 Å². The smallest absolute Gasteiger partial charge is 0.217 e. The lowest BCUT2D eigenvalue weighted by Gasteiger charge is -2.22. The minimum Gasteiger partial charge on any atom is -0.389 e. The summed E-state index contributed by atoms with van der Waals surface area (Å²) in [7, 11) is 0. The Balaban J connectivity index is 2.19. The standard InChI is InChI=1S/C13H16FN3OS/c1-8(18)16-10-4-5-17(7-10)12-3-2-9(14)6-11(12)13(15)19/h2-3,6,10H,4-5,7H2,1H3,(H2,15,19)(H,16,18). The van der Waals surface area contributed by atoms with Gasteiger partial charge in [-0.1, -0.05) is 12.2 Å². The fraction of sp³-hybridized carbons (Fsp3) is 0.385. The van der Waals surface area contributed by atoms with Gasteiger partial charge in [0.1, 0.15) is 10.8 Å². The summed E-state index contributed by atoms with van der Waals surface area (Å²) in [6, 6.07) is 4.54. The molecule has 0 spiro atoms. The summed E-state index contributed by atoms with van der Waals surface area (Å²) in [4.78, 5) is 13.3. The second kappa shape index (κ2) is 5.52. The molecule has 4 nitrogen and oxygen atoms in total. The van der Waals surface area contributed by atoms with Gasteiger partial charge in [-0.2, -0.15) is 0 Å². The van der Waals surface area contributed by atoms with E-state index in [1.54, 1.807) is 6.07 Å². The maximum absolute atomic E-state index is 13.3. The normalized spacial score (nSPS) is 18.4. The number of nitrogens with zero attached hydrogens (tertiary/aromatic N) is 1. The van der Waals surface area contributed by atoms with Crippen LogP contribution in [-0.2, 0) is 4.79 Å². The van der Waals surface area contributed by atoms with Gasteiger partial charge < -0.3 is 16.0 Å². The Labute approximate surface area is 116 Å². The summed E-state index contributed by atoms with van der Waals surface area (Å²) >= 11 is 4.96. The molecular formula is C13H16FN3OS. The number of anilines is 1. The van der Waals surface area contributed by atoms with Crippen molar-refractivity contribution >= 4 is 28.8 Å². The van der Waals surface area contributed by atoms with Crippen molar-refractivity contribution in [2.75, 3.05) is 18.0 Å². The first-order chi connectivity index (χ1) is 8.97. The zero-order valence-electron chi connectivity index (χ0n) is 10.6. The van der Waals surface area contributed by atoms with Crippen LogP contribution in [0, 0.1) is 5.82 Å². The highest BCUT2D eigenvalue weighted by Crippen LogP contribution is 2.25. The summed E-state index contributed by atoms with van der Waals surface area (Å²) in [5.74, 6) is -0.398. The number of nitrogens with one attached hydrogen (secondary N) is 1. The van der Waals surface area contributed by atoms with E-state index in [0.29, 0.717) is 12.1 Å². The molecule has 0 saturated carbocycles. The third-order valence-electron chi connectivity index (χ3n) is 3.16. The van der Waals surface area contributed by atoms with Crippen molar-refractivity contribution in [3.05, 3.63) is 29.6 Å². The number of rotatable bonds is 3. The lowest BCUT2D eigenvalue weighted by molar-refractivity contribution is -0.119. The number of carbonyl (C=O) groups excluding carboxylic acids is 1. The van der Waals surface area contributed by atoms with Crippen LogP contribution in [-0.4, -0.2) is 30.0 Å². The van der Waals surface area contributed by atoms with Gasteiger partial charge in [-0.15, -0.1) is 0 Å². The molecule has 0 bridgehead atoms. The second-order valence-corrected chi connectivity index (χ2v) is 5.10. The molecule has 1 saturated heterocycles. The van der Waals surface area contributed by atoms with Crippen molar-refractivity contribution in [2.45, 2.75) is 19.4 Å². The lowest BCUT2D eigenvalue weighted by atomic mass is 10.1. The van der Waals surface area contributed by atoms with Gasteiger partial charge in [0.2, 0.25) is 5.91 Å². The summed E-state index contributed by atoms with van der Waals surface area (Å²) in [6.45, 7) is 2.97. The number of nitrogens with two attached hydrogens (primary N) is 1. The van der Waals surface area contributed by atoms with E-state index in [9.17, 15) is 9.18 Å². The fourth-order valence-electron chi connectivity index (χ4n) is 2.37. The summed E-state index contributed by atoms with van der Waals surface area (Å²) in [5.41, 5.74) is 7.00. The number of amides is 1. The molecule has 0 aliphatic carbocycles. The quantitative estimate of drug-likeness (QED) is 0.817. The Morgan fingerprint density at radius 1 is 1.58 bits per heavy atom. The van der Waals surface area contributed by atoms with Crippen molar-refractivity contribution in [1.82, 2.24) is 5.32 Å². The number of carbonyl (C=O) groups is 1. The predicted octanol–water partition coefficient (Wildman–Crippen LogP) is 1.17. The monoisotopic (exact) mass is 281 g/mol. The molecule has 0 aromatic heterocycles. The molecule has 0 radical (unpaired) electrons. The topological polar surface area (TPSA) is 58.4 Å². The number of hydrogen-bond donors (Lipinski definition) is 2. The lowest BCUT2D eigenvalue weighted by Crippen LogP contribution is -2.35. The SMILES string of the molecule is CC(=O)NC1CCN(c2ccc(F)cc2C(N)=S)C1. The Hall–Kier alpha value is -1.69. The van der Waals surface area contributed by atoms with Gasteiger partial charge in [0.25, 0.3) is 0 Å². The molecule has 1 unspecified atom stereocenters. The van der Waals surface area contributed by atoms with Crippen molar-refractivity contribution in [1.29, 1.82) is 0 Å². The van der Waals surface area contributed by atoms with Crippen LogP contribution in [0.15, 0.2) is 18.2 Å². The number of hydrogen-bond acceptors (Lipinski definition) is 3. The third kappa shape index (κ3) is 3.20. The third-order valence-corrected chi connectivity index (χ3v) is 3.38. The molecule has 3 N–H and O–H groups in total. The van der Waals surface area contributed by atoms with Gasteiger partial charge in [-0.25, -0.2) is 4.39 Å². The second-order valence-electron chi connectivity index (χ2n) is 4.66. The van der Waals surface area contributed by atoms with E-state index in [0.717, 1.165) is 18.7 Å². The molecule has 6 heteroatoms. The van der Waals surface area contributed by atoms with E-state index in [1.807, 2.05) is 0 Å². The highest BCUT2D eigenvalue weighted by Gasteiger charge is 2.25. The van der Waals surface area contributed by atoms with Gasteiger partial charge in [-0.05, 0) is 24.6 Å². The minimum atomic E-state index is -0.357. The summed E-state index contributed by atoms with van der Waals surface area (Å²) in [6.07, 6.45) is 0.855. The Morgan fingerprint density at radius 2 is 2.32 bits per heavy atom. The highest BCUT2D eigenvalue weighted by atomic mass is 32.1. The first-order valence-corrected chi connectivity index (χ1v) is 6.49. The van der Waals surface area contributed by atoms with Crippen molar-refractivity contribution in [3.8, 4) is 0 Å². The van der Waals surface area contributed by atoms with E-state index >= 15 is 0 Å². The van der Waals surface area contributed by atoms with Crippen LogP contribution in [0.3, 0.4) is 0 Å². The largest absolute Gasteiger partial charge is 0.389 e. The van der Waals surface area contributed by atoms with Crippen LogP contribution in [0.4, 0.5) is 10.1 Å². The van der Waals surface area contributed by atoms with Crippen LogP contribution >= 0.6 is 12.2 Å². The molecule has 1 atom stereocenters. The molecule has 1 aliphatic rings. The van der Waals surface area contributed by atoms with Crippen LogP contribution < -0.4 is 16.0 Å². The van der Waals surface area contributed by atoms with Crippen molar-refractivity contribution < 1.29 is 9.18 Å². The molecule has 102 valence electrons. The molecule has 1 aromatic carbocycles. The Morgan fingerprint density at radius 3 is 2.95 bits per heavy atom. The predicted molar refractivity (Wildman–Crippen MR) is 76.7 cm³/mol. The van der Waals surface area contributed by atoms with E-state index in [-0.39, 0.29) is 22.8 Å². The summed E-state index contributed by atoms with van der Waals surface area (Å²) < 4.78 is 13.3. The van der Waals surface area contributed by atoms with Gasteiger partial charge in [0.05, 0.1) is 0 Å². The average molecular weight is 281 g/mol. The Kier molecular flexibility index (Phi) is 3.99. The van der Waals surface area contributed by atoms with Crippen LogP contribution in [0.1, 0.15) is 18.9 Å². The van der Waals surface area contributed by atoms with Crippen LogP contribution in [0.25, 0.3) is 0 Å². The van der Waals surface area contributed by atoms with Gasteiger partial charge in [0.15, 0.2) is 0 Å². The van der Waals surface area contributed by atoms with Crippen LogP contribution in [0.2, 0.25) is 0 Å². The molecule has 19 heavy (non-hydrogen) atoms. The van der Waals surface area contributed by atoms with E-state index < -0.39 is 0 Å². The van der Waals surface area contributed by atoms with Gasteiger partial charge in [0, 0.05) is 37.3 Å². The zero-order chi connectivity index (χ0) is 14.0. The zero-order valence-corrected chi connectivity index (χ0v) is 11.5. The van der Waals surface area contributed by atoms with E-state index in [1.165, 1.54) is 19.1 Å². The van der Waals surface area contributed by atoms with E-state index in [2.05, 4.69) is 10.2 Å².